The maximum atomic E-state index is 12.3. The second kappa shape index (κ2) is 5.56. The highest BCUT2D eigenvalue weighted by Crippen LogP contribution is 2.37. The van der Waals surface area contributed by atoms with Crippen molar-refractivity contribution in [2.24, 2.45) is 5.10 Å². The van der Waals surface area contributed by atoms with E-state index in [-0.39, 0.29) is 11.8 Å². The topological polar surface area (TPSA) is 85.9 Å². The molecule has 0 bridgehead atoms. The lowest BCUT2D eigenvalue weighted by molar-refractivity contribution is -0.122. The van der Waals surface area contributed by atoms with E-state index in [1.165, 1.54) is 0 Å². The molecule has 4 rings (SSSR count). The zero-order chi connectivity index (χ0) is 16.7. The molecule has 1 atom stereocenters. The molecule has 6 heteroatoms. The van der Waals surface area contributed by atoms with Crippen molar-refractivity contribution in [3.63, 3.8) is 0 Å². The molecule has 24 heavy (non-hydrogen) atoms. The number of hydrogen-bond donors (Lipinski definition) is 2. The molecule has 1 unspecified atom stereocenters. The molecule has 3 N–H and O–H groups in total. The van der Waals surface area contributed by atoms with Gasteiger partial charge in [0.25, 0.3) is 0 Å². The molecule has 0 aromatic heterocycles. The molecule has 0 radical (unpaired) electrons. The second-order valence-electron chi connectivity index (χ2n) is 5.86. The predicted molar refractivity (Wildman–Crippen MR) is 90.5 cm³/mol. The average Bonchev–Trinajstić information content (AvgIpc) is 2.72. The van der Waals surface area contributed by atoms with E-state index in [0.717, 1.165) is 16.7 Å². The van der Waals surface area contributed by atoms with E-state index in [9.17, 15) is 4.79 Å². The van der Waals surface area contributed by atoms with Crippen molar-refractivity contribution in [3.05, 3.63) is 53.1 Å². The number of nitrogens with two attached hydrogens (primary N) is 1. The number of nitrogen functional groups attached to an aromatic ring is 1. The van der Waals surface area contributed by atoms with E-state index in [1.54, 1.807) is 0 Å². The van der Waals surface area contributed by atoms with E-state index < -0.39 is 0 Å². The van der Waals surface area contributed by atoms with Gasteiger partial charge < -0.3 is 15.2 Å². The molecule has 0 fully saturated rings. The van der Waals surface area contributed by atoms with Gasteiger partial charge in [0, 0.05) is 16.8 Å². The van der Waals surface area contributed by atoms with Crippen LogP contribution in [0.5, 0.6) is 11.5 Å². The lowest BCUT2D eigenvalue weighted by atomic mass is 9.90. The van der Waals surface area contributed by atoms with E-state index >= 15 is 0 Å². The minimum Gasteiger partial charge on any atom is -0.486 e. The number of carbonyl (C=O) groups excluding carboxylic acids is 1. The first-order chi connectivity index (χ1) is 11.6. The molecule has 1 amide bonds. The van der Waals surface area contributed by atoms with Crippen molar-refractivity contribution in [1.29, 1.82) is 0 Å². The Labute approximate surface area is 139 Å². The molecule has 0 aliphatic carbocycles. The number of anilines is 1. The molecule has 122 valence electrons. The fraction of sp³-hybridized carbons (Fsp3) is 0.222. The fourth-order valence-electron chi connectivity index (χ4n) is 2.94. The van der Waals surface area contributed by atoms with Crippen LogP contribution in [0.3, 0.4) is 0 Å². The highest BCUT2D eigenvalue weighted by molar-refractivity contribution is 6.16. The Hall–Kier alpha value is -3.02. The predicted octanol–water partition coefficient (Wildman–Crippen LogP) is 2.03. The Balaban J connectivity index is 1.91. The summed E-state index contributed by atoms with van der Waals surface area (Å²) in [5.41, 5.74) is 12.3. The molecular weight excluding hydrogens is 306 g/mol. The molecule has 0 spiro atoms. The number of ether oxygens (including phenoxy) is 2. The van der Waals surface area contributed by atoms with Crippen LogP contribution in [-0.2, 0) is 4.79 Å². The van der Waals surface area contributed by atoms with Crippen LogP contribution in [-0.4, -0.2) is 24.8 Å². The van der Waals surface area contributed by atoms with Gasteiger partial charge in [-0.15, -0.1) is 0 Å². The van der Waals surface area contributed by atoms with Crippen molar-refractivity contribution in [2.45, 2.75) is 12.8 Å². The van der Waals surface area contributed by atoms with Gasteiger partial charge in [-0.25, -0.2) is 5.43 Å². The standard InChI is InChI=1S/C18H17N3O3/c1-10-13-8-15-16(24-7-6-23-15)9-14(13)17(20-21-18(10)22)11-2-4-12(19)5-3-11/h2-5,8-10H,6-7,19H2,1H3,(H,21,22). The van der Waals surface area contributed by atoms with E-state index in [0.29, 0.717) is 36.1 Å². The SMILES string of the molecule is CC1C(=O)NN=C(c2ccc(N)cc2)c2cc3c(cc21)OCCO3. The third kappa shape index (κ3) is 2.36. The molecule has 2 aromatic carbocycles. The minimum atomic E-state index is -0.342. The number of benzene rings is 2. The second-order valence-corrected chi connectivity index (χ2v) is 5.86. The molecule has 0 saturated carbocycles. The van der Waals surface area contributed by atoms with Gasteiger partial charge in [0.05, 0.1) is 11.6 Å². The fourth-order valence-corrected chi connectivity index (χ4v) is 2.94. The first-order valence-corrected chi connectivity index (χ1v) is 7.81. The zero-order valence-electron chi connectivity index (χ0n) is 13.2. The largest absolute Gasteiger partial charge is 0.486 e. The number of hydrazone groups is 1. The smallest absolute Gasteiger partial charge is 0.247 e. The van der Waals surface area contributed by atoms with Gasteiger partial charge in [-0.1, -0.05) is 12.1 Å². The summed E-state index contributed by atoms with van der Waals surface area (Å²) in [6.45, 7) is 2.86. The van der Waals surface area contributed by atoms with Crippen molar-refractivity contribution in [1.82, 2.24) is 5.43 Å². The number of fused-ring (bicyclic) bond motifs is 2. The van der Waals surface area contributed by atoms with Crippen LogP contribution in [0.4, 0.5) is 5.69 Å². The van der Waals surface area contributed by atoms with Crippen molar-refractivity contribution in [3.8, 4) is 11.5 Å². The number of amides is 1. The number of nitrogens with one attached hydrogen (secondary N) is 1. The molecule has 6 nitrogen and oxygen atoms in total. The van der Waals surface area contributed by atoms with Crippen LogP contribution in [0.1, 0.15) is 29.5 Å². The van der Waals surface area contributed by atoms with Crippen LogP contribution >= 0.6 is 0 Å². The zero-order valence-corrected chi connectivity index (χ0v) is 13.2. The molecule has 2 aromatic rings. The lowest BCUT2D eigenvalue weighted by Gasteiger charge is -2.22. The van der Waals surface area contributed by atoms with Gasteiger partial charge >= 0.3 is 0 Å². The van der Waals surface area contributed by atoms with Gasteiger partial charge in [0.1, 0.15) is 13.2 Å². The van der Waals surface area contributed by atoms with Gasteiger partial charge in [-0.2, -0.15) is 5.10 Å². The monoisotopic (exact) mass is 323 g/mol. The summed E-state index contributed by atoms with van der Waals surface area (Å²) in [6, 6.07) is 11.2. The van der Waals surface area contributed by atoms with Gasteiger partial charge in [0.15, 0.2) is 11.5 Å². The van der Waals surface area contributed by atoms with Crippen LogP contribution < -0.4 is 20.6 Å². The Morgan fingerprint density at radius 2 is 1.79 bits per heavy atom. The summed E-state index contributed by atoms with van der Waals surface area (Å²) in [5.74, 6) is 0.840. The highest BCUT2D eigenvalue weighted by atomic mass is 16.6. The summed E-state index contributed by atoms with van der Waals surface area (Å²) >= 11 is 0. The molecule has 2 aliphatic heterocycles. The number of rotatable bonds is 1. The van der Waals surface area contributed by atoms with Crippen molar-refractivity contribution >= 4 is 17.3 Å². The number of hydrogen-bond acceptors (Lipinski definition) is 5. The van der Waals surface area contributed by atoms with E-state index in [4.69, 9.17) is 15.2 Å². The van der Waals surface area contributed by atoms with Crippen molar-refractivity contribution in [2.75, 3.05) is 18.9 Å². The van der Waals surface area contributed by atoms with Crippen LogP contribution in [0.25, 0.3) is 0 Å². The van der Waals surface area contributed by atoms with E-state index in [2.05, 4.69) is 10.5 Å². The van der Waals surface area contributed by atoms with Crippen molar-refractivity contribution < 1.29 is 14.3 Å². The Morgan fingerprint density at radius 3 is 2.50 bits per heavy atom. The summed E-state index contributed by atoms with van der Waals surface area (Å²) in [5, 5.41) is 4.32. The Bertz CT molecular complexity index is 843. The van der Waals surface area contributed by atoms with E-state index in [1.807, 2.05) is 43.3 Å². The summed E-state index contributed by atoms with van der Waals surface area (Å²) < 4.78 is 11.3. The first-order valence-electron chi connectivity index (χ1n) is 7.81. The normalized spacial score (nSPS) is 19.0. The van der Waals surface area contributed by atoms with Crippen LogP contribution in [0, 0.1) is 0 Å². The minimum absolute atomic E-state index is 0.154. The highest BCUT2D eigenvalue weighted by Gasteiger charge is 2.28. The third-order valence-corrected chi connectivity index (χ3v) is 4.29. The summed E-state index contributed by atoms with van der Waals surface area (Å²) in [6.07, 6.45) is 0. The van der Waals surface area contributed by atoms with Gasteiger partial charge in [0.2, 0.25) is 5.91 Å². The third-order valence-electron chi connectivity index (χ3n) is 4.29. The van der Waals surface area contributed by atoms with Gasteiger partial charge in [-0.3, -0.25) is 4.79 Å². The average molecular weight is 323 g/mol. The molecular formula is C18H17N3O3. The molecule has 2 aliphatic rings. The maximum Gasteiger partial charge on any atom is 0.247 e. The Kier molecular flexibility index (Phi) is 3.37. The van der Waals surface area contributed by atoms with Crippen LogP contribution in [0.2, 0.25) is 0 Å². The first kappa shape index (κ1) is 14.6. The molecule has 0 saturated heterocycles. The summed E-state index contributed by atoms with van der Waals surface area (Å²) in [7, 11) is 0. The summed E-state index contributed by atoms with van der Waals surface area (Å²) in [4.78, 5) is 12.3. The number of nitrogens with zero attached hydrogens (tertiary/aromatic N) is 1. The number of carbonyl (C=O) groups is 1. The lowest BCUT2D eigenvalue weighted by Crippen LogP contribution is -2.22. The molecule has 2 heterocycles. The Morgan fingerprint density at radius 1 is 1.12 bits per heavy atom. The quantitative estimate of drug-likeness (QED) is 0.786. The maximum absolute atomic E-state index is 12.3. The van der Waals surface area contributed by atoms with Crippen LogP contribution in [0.15, 0.2) is 41.5 Å². The van der Waals surface area contributed by atoms with Gasteiger partial charge in [-0.05, 0) is 36.8 Å².